The fourth-order valence-corrected chi connectivity index (χ4v) is 3.74. The van der Waals surface area contributed by atoms with Crippen molar-refractivity contribution in [3.8, 4) is 5.75 Å². The molecular formula is C25H17BrClN3O5. The van der Waals surface area contributed by atoms with Gasteiger partial charge in [0.25, 0.3) is 17.7 Å². The topological polar surface area (TPSA) is 105 Å². The van der Waals surface area contributed by atoms with Crippen LogP contribution in [-0.2, 0) is 14.4 Å². The molecule has 176 valence electrons. The molecule has 3 aromatic carbocycles. The van der Waals surface area contributed by atoms with Crippen LogP contribution in [0.15, 0.2) is 82.8 Å². The SMILES string of the molecule is O=C(COc1ccc(/C=C2\C(=O)NC(=O)N(c3ccc(Br)cc3)C2=O)cc1Cl)Nc1ccccc1. The summed E-state index contributed by atoms with van der Waals surface area (Å²) < 4.78 is 6.26. The van der Waals surface area contributed by atoms with Crippen molar-refractivity contribution in [3.05, 3.63) is 93.4 Å². The van der Waals surface area contributed by atoms with Crippen LogP contribution in [0.5, 0.6) is 5.75 Å². The van der Waals surface area contributed by atoms with Gasteiger partial charge in [-0.05, 0) is 60.2 Å². The van der Waals surface area contributed by atoms with E-state index in [1.807, 2.05) is 6.07 Å². The number of para-hydroxylation sites is 1. The third-order valence-electron chi connectivity index (χ3n) is 4.87. The maximum absolute atomic E-state index is 13.0. The van der Waals surface area contributed by atoms with Crippen molar-refractivity contribution in [2.45, 2.75) is 0 Å². The minimum Gasteiger partial charge on any atom is -0.482 e. The first kappa shape index (κ1) is 24.2. The van der Waals surface area contributed by atoms with E-state index in [1.165, 1.54) is 18.2 Å². The Morgan fingerprint density at radius 1 is 1.03 bits per heavy atom. The van der Waals surface area contributed by atoms with Gasteiger partial charge in [-0.15, -0.1) is 0 Å². The molecule has 10 heteroatoms. The van der Waals surface area contributed by atoms with Gasteiger partial charge < -0.3 is 10.1 Å². The molecule has 2 N–H and O–H groups in total. The minimum atomic E-state index is -0.838. The summed E-state index contributed by atoms with van der Waals surface area (Å²) in [7, 11) is 0. The number of nitrogens with zero attached hydrogens (tertiary/aromatic N) is 1. The van der Waals surface area contributed by atoms with Gasteiger partial charge in [-0.25, -0.2) is 9.69 Å². The van der Waals surface area contributed by atoms with Crippen LogP contribution in [0.3, 0.4) is 0 Å². The van der Waals surface area contributed by atoms with E-state index >= 15 is 0 Å². The Bertz CT molecular complexity index is 1340. The molecule has 35 heavy (non-hydrogen) atoms. The number of nitrogens with one attached hydrogen (secondary N) is 2. The Balaban J connectivity index is 1.48. The molecule has 0 saturated carbocycles. The van der Waals surface area contributed by atoms with E-state index in [9.17, 15) is 19.2 Å². The number of hydrogen-bond donors (Lipinski definition) is 2. The largest absolute Gasteiger partial charge is 0.482 e. The summed E-state index contributed by atoms with van der Waals surface area (Å²) in [6.07, 6.45) is 1.33. The van der Waals surface area contributed by atoms with E-state index in [1.54, 1.807) is 54.6 Å². The lowest BCUT2D eigenvalue weighted by Crippen LogP contribution is -2.54. The molecule has 1 saturated heterocycles. The summed E-state index contributed by atoms with van der Waals surface area (Å²) in [6, 6.07) is 19.2. The maximum Gasteiger partial charge on any atom is 0.335 e. The van der Waals surface area contributed by atoms with Crippen LogP contribution in [0.1, 0.15) is 5.56 Å². The van der Waals surface area contributed by atoms with Gasteiger partial charge in [-0.2, -0.15) is 0 Å². The number of rotatable bonds is 6. The number of carbonyl (C=O) groups excluding carboxylic acids is 4. The van der Waals surface area contributed by atoms with E-state index in [0.717, 1.165) is 9.37 Å². The Hall–Kier alpha value is -3.95. The van der Waals surface area contributed by atoms with E-state index in [0.29, 0.717) is 16.9 Å². The second-order valence-electron chi connectivity index (χ2n) is 7.33. The highest BCUT2D eigenvalue weighted by molar-refractivity contribution is 9.10. The zero-order valence-corrected chi connectivity index (χ0v) is 20.3. The predicted molar refractivity (Wildman–Crippen MR) is 135 cm³/mol. The van der Waals surface area contributed by atoms with E-state index in [2.05, 4.69) is 26.6 Å². The highest BCUT2D eigenvalue weighted by Crippen LogP contribution is 2.28. The number of halogens is 2. The highest BCUT2D eigenvalue weighted by atomic mass is 79.9. The predicted octanol–water partition coefficient (Wildman–Crippen LogP) is 4.79. The second kappa shape index (κ2) is 10.5. The van der Waals surface area contributed by atoms with Crippen LogP contribution in [0.4, 0.5) is 16.2 Å². The van der Waals surface area contributed by atoms with Crippen LogP contribution >= 0.6 is 27.5 Å². The normalized spacial score (nSPS) is 14.6. The van der Waals surface area contributed by atoms with Gasteiger partial charge in [0.2, 0.25) is 0 Å². The number of imide groups is 2. The molecule has 5 amide bonds. The summed E-state index contributed by atoms with van der Waals surface area (Å²) in [5.74, 6) is -1.69. The molecule has 0 aromatic heterocycles. The maximum atomic E-state index is 13.0. The van der Waals surface area contributed by atoms with Crippen molar-refractivity contribution in [2.75, 3.05) is 16.8 Å². The number of amides is 5. The molecule has 0 unspecified atom stereocenters. The molecule has 4 rings (SSSR count). The molecule has 1 heterocycles. The van der Waals surface area contributed by atoms with Crippen molar-refractivity contribution in [3.63, 3.8) is 0 Å². The lowest BCUT2D eigenvalue weighted by Gasteiger charge is -2.26. The Kier molecular flexibility index (Phi) is 7.28. The van der Waals surface area contributed by atoms with Crippen molar-refractivity contribution in [1.82, 2.24) is 5.32 Å². The van der Waals surface area contributed by atoms with Crippen LogP contribution in [-0.4, -0.2) is 30.4 Å². The Labute approximate surface area is 213 Å². The van der Waals surface area contributed by atoms with Crippen LogP contribution < -0.4 is 20.3 Å². The van der Waals surface area contributed by atoms with Crippen molar-refractivity contribution in [2.24, 2.45) is 0 Å². The zero-order chi connectivity index (χ0) is 24.9. The summed E-state index contributed by atoms with van der Waals surface area (Å²) in [5, 5.41) is 5.04. The number of barbiturate groups is 1. The highest BCUT2D eigenvalue weighted by Gasteiger charge is 2.36. The first-order valence-electron chi connectivity index (χ1n) is 10.3. The Morgan fingerprint density at radius 2 is 1.74 bits per heavy atom. The smallest absolute Gasteiger partial charge is 0.335 e. The first-order valence-corrected chi connectivity index (χ1v) is 11.4. The monoisotopic (exact) mass is 553 g/mol. The van der Waals surface area contributed by atoms with Gasteiger partial charge >= 0.3 is 6.03 Å². The average Bonchev–Trinajstić information content (AvgIpc) is 2.83. The quantitative estimate of drug-likeness (QED) is 0.337. The molecule has 0 bridgehead atoms. The van der Waals surface area contributed by atoms with Crippen LogP contribution in [0.25, 0.3) is 6.08 Å². The van der Waals surface area contributed by atoms with Gasteiger partial charge in [-0.3, -0.25) is 19.7 Å². The summed E-state index contributed by atoms with van der Waals surface area (Å²) in [4.78, 5) is 50.6. The number of anilines is 2. The van der Waals surface area contributed by atoms with Gasteiger partial charge in [0.15, 0.2) is 6.61 Å². The van der Waals surface area contributed by atoms with Crippen molar-refractivity contribution in [1.29, 1.82) is 0 Å². The average molecular weight is 555 g/mol. The summed E-state index contributed by atoms with van der Waals surface area (Å²) in [5.41, 5.74) is 1.14. The fourth-order valence-electron chi connectivity index (χ4n) is 3.23. The van der Waals surface area contributed by atoms with E-state index in [4.69, 9.17) is 16.3 Å². The second-order valence-corrected chi connectivity index (χ2v) is 8.65. The van der Waals surface area contributed by atoms with Gasteiger partial charge in [0, 0.05) is 10.2 Å². The van der Waals surface area contributed by atoms with Crippen LogP contribution in [0, 0.1) is 0 Å². The number of carbonyl (C=O) groups is 4. The molecule has 0 radical (unpaired) electrons. The number of benzene rings is 3. The third kappa shape index (κ3) is 5.76. The zero-order valence-electron chi connectivity index (χ0n) is 18.0. The van der Waals surface area contributed by atoms with E-state index in [-0.39, 0.29) is 28.9 Å². The molecule has 1 aliphatic rings. The third-order valence-corrected chi connectivity index (χ3v) is 5.69. The lowest BCUT2D eigenvalue weighted by atomic mass is 10.1. The molecule has 0 atom stereocenters. The lowest BCUT2D eigenvalue weighted by molar-refractivity contribution is -0.122. The molecular weight excluding hydrogens is 538 g/mol. The molecule has 3 aromatic rings. The molecule has 0 spiro atoms. The fraction of sp³-hybridized carbons (Fsp3) is 0.0400. The molecule has 0 aliphatic carbocycles. The molecule has 8 nitrogen and oxygen atoms in total. The van der Waals surface area contributed by atoms with Crippen molar-refractivity contribution >= 4 is 68.7 Å². The van der Waals surface area contributed by atoms with Gasteiger partial charge in [0.05, 0.1) is 10.7 Å². The van der Waals surface area contributed by atoms with E-state index < -0.39 is 17.8 Å². The number of urea groups is 1. The molecule has 1 aliphatic heterocycles. The van der Waals surface area contributed by atoms with Crippen LogP contribution in [0.2, 0.25) is 5.02 Å². The minimum absolute atomic E-state index is 0.177. The van der Waals surface area contributed by atoms with Crippen molar-refractivity contribution < 1.29 is 23.9 Å². The summed E-state index contributed by atoms with van der Waals surface area (Å²) in [6.45, 7) is -0.264. The molecule has 1 fully saturated rings. The Morgan fingerprint density at radius 3 is 2.43 bits per heavy atom. The number of ether oxygens (including phenoxy) is 1. The van der Waals surface area contributed by atoms with Gasteiger partial charge in [0.1, 0.15) is 11.3 Å². The standard InChI is InChI=1S/C25H17BrClN3O5/c26-16-7-9-18(10-8-16)30-24(33)19(23(32)29-25(30)34)12-15-6-11-21(20(27)13-15)35-14-22(31)28-17-4-2-1-3-5-17/h1-13H,14H2,(H,28,31)(H,29,32,34)/b19-12+. The van der Waals surface area contributed by atoms with Gasteiger partial charge in [-0.1, -0.05) is 51.8 Å². The first-order chi connectivity index (χ1) is 16.8. The number of hydrogen-bond acceptors (Lipinski definition) is 5. The summed E-state index contributed by atoms with van der Waals surface area (Å²) >= 11 is 9.58.